The first-order valence-electron chi connectivity index (χ1n) is 6.62. The zero-order valence-corrected chi connectivity index (χ0v) is 11.8. The van der Waals surface area contributed by atoms with Gasteiger partial charge in [-0.25, -0.2) is 4.79 Å². The Morgan fingerprint density at radius 3 is 2.64 bits per heavy atom. The number of carbonyl (C=O) groups is 2. The van der Waals surface area contributed by atoms with Crippen LogP contribution in [0.2, 0.25) is 0 Å². The summed E-state index contributed by atoms with van der Waals surface area (Å²) in [6, 6.07) is 5.19. The molecule has 0 unspecified atom stereocenters. The number of unbranched alkanes of at least 4 members (excludes halogenated alkanes) is 1. The van der Waals surface area contributed by atoms with Crippen LogP contribution in [0.4, 0.5) is 10.5 Å². The zero-order valence-electron chi connectivity index (χ0n) is 11.8. The first-order valence-corrected chi connectivity index (χ1v) is 6.62. The maximum atomic E-state index is 11.5. The Hall–Kier alpha value is -2.77. The normalized spacial score (nSPS) is 11.1. The van der Waals surface area contributed by atoms with Gasteiger partial charge in [-0.1, -0.05) is 5.11 Å². The minimum absolute atomic E-state index is 0.322. The van der Waals surface area contributed by atoms with E-state index in [-0.39, 0.29) is 0 Å². The number of carboxylic acid groups (broad SMARTS) is 1. The molecule has 4 N–H and O–H groups in total. The highest BCUT2D eigenvalue weighted by Crippen LogP contribution is 2.18. The molecule has 1 rings (SSSR count). The van der Waals surface area contributed by atoms with Crippen molar-refractivity contribution in [1.82, 2.24) is 5.32 Å². The lowest BCUT2D eigenvalue weighted by atomic mass is 10.1. The molecule has 0 spiro atoms. The van der Waals surface area contributed by atoms with Gasteiger partial charge in [0.15, 0.2) is 0 Å². The Bertz CT molecular complexity index is 554. The molecular formula is C13H17N5O4. The van der Waals surface area contributed by atoms with Crippen LogP contribution < -0.4 is 15.8 Å². The molecule has 9 nitrogen and oxygen atoms in total. The summed E-state index contributed by atoms with van der Waals surface area (Å²) in [5.41, 5.74) is 14.0. The molecule has 9 heteroatoms. The molecule has 118 valence electrons. The quantitative estimate of drug-likeness (QED) is 0.291. The molecule has 1 amide bonds. The van der Waals surface area contributed by atoms with Gasteiger partial charge in [0.25, 0.3) is 0 Å². The van der Waals surface area contributed by atoms with Crippen molar-refractivity contribution in [3.63, 3.8) is 0 Å². The Labute approximate surface area is 126 Å². The Morgan fingerprint density at radius 2 is 2.05 bits per heavy atom. The molecule has 0 bridgehead atoms. The highest BCUT2D eigenvalue weighted by Gasteiger charge is 2.10. The molecule has 0 aromatic heterocycles. The fourth-order valence-corrected chi connectivity index (χ4v) is 1.58. The third-order valence-corrected chi connectivity index (χ3v) is 2.74. The number of azide groups is 1. The van der Waals surface area contributed by atoms with Crippen LogP contribution >= 0.6 is 0 Å². The third kappa shape index (κ3) is 6.60. The number of nitrogens with one attached hydrogen (secondary N) is 1. The van der Waals surface area contributed by atoms with Gasteiger partial charge in [0, 0.05) is 17.1 Å². The van der Waals surface area contributed by atoms with E-state index in [9.17, 15) is 9.59 Å². The van der Waals surface area contributed by atoms with Crippen LogP contribution in [0.1, 0.15) is 19.3 Å². The Kier molecular flexibility index (Phi) is 7.24. The van der Waals surface area contributed by atoms with E-state index < -0.39 is 18.1 Å². The first kappa shape index (κ1) is 17.3. The summed E-state index contributed by atoms with van der Waals surface area (Å²) in [6.07, 6.45) is 0.937. The topological polar surface area (TPSA) is 150 Å². The van der Waals surface area contributed by atoms with Crippen LogP contribution in [0, 0.1) is 0 Å². The lowest BCUT2D eigenvalue weighted by Crippen LogP contribution is -2.31. The van der Waals surface area contributed by atoms with Gasteiger partial charge in [0.1, 0.15) is 11.8 Å². The van der Waals surface area contributed by atoms with Gasteiger partial charge >= 0.3 is 12.1 Å². The molecule has 1 atom stereocenters. The summed E-state index contributed by atoms with van der Waals surface area (Å²) in [5, 5.41) is 14.5. The predicted molar refractivity (Wildman–Crippen MR) is 78.7 cm³/mol. The fourth-order valence-electron chi connectivity index (χ4n) is 1.58. The minimum atomic E-state index is -1.03. The number of carbonyl (C=O) groups excluding carboxylic acids is 1. The molecule has 22 heavy (non-hydrogen) atoms. The largest absolute Gasteiger partial charge is 0.480 e. The van der Waals surface area contributed by atoms with E-state index in [1.807, 2.05) is 0 Å². The van der Waals surface area contributed by atoms with E-state index in [1.54, 1.807) is 0 Å². The average molecular weight is 307 g/mol. The molecule has 0 aliphatic rings. The number of amides is 1. The van der Waals surface area contributed by atoms with Crippen LogP contribution in [-0.2, 0) is 4.79 Å². The highest BCUT2D eigenvalue weighted by atomic mass is 16.6. The SMILES string of the molecule is [N-]=[N+]=Nc1ccc(OC(=O)NCCCC[C@H](N)C(=O)O)cc1. The van der Waals surface area contributed by atoms with Crippen molar-refractivity contribution in [2.24, 2.45) is 10.8 Å². The maximum absolute atomic E-state index is 11.5. The standard InChI is InChI=1S/C13H17N5O4/c14-11(12(19)20)3-1-2-8-16-13(21)22-10-6-4-9(5-7-10)17-18-15/h4-7,11H,1-3,8,14H2,(H,16,21)(H,19,20)/t11-/m0/s1. The van der Waals surface area contributed by atoms with E-state index in [2.05, 4.69) is 15.3 Å². The molecule has 0 saturated carbocycles. The molecule has 0 fully saturated rings. The smallest absolute Gasteiger partial charge is 0.412 e. The number of ether oxygens (including phenoxy) is 1. The lowest BCUT2D eigenvalue weighted by molar-refractivity contribution is -0.138. The van der Waals surface area contributed by atoms with Crippen molar-refractivity contribution in [2.45, 2.75) is 25.3 Å². The number of rotatable bonds is 8. The summed E-state index contributed by atoms with van der Waals surface area (Å²) < 4.78 is 5.01. The van der Waals surface area contributed by atoms with Gasteiger partial charge in [-0.15, -0.1) is 0 Å². The molecule has 0 saturated heterocycles. The number of hydrogen-bond acceptors (Lipinski definition) is 5. The minimum Gasteiger partial charge on any atom is -0.480 e. The molecule has 0 aliphatic carbocycles. The predicted octanol–water partition coefficient (Wildman–Crippen LogP) is 2.30. The number of nitrogens with two attached hydrogens (primary N) is 1. The number of nitrogens with zero attached hydrogens (tertiary/aromatic N) is 3. The van der Waals surface area contributed by atoms with Crippen molar-refractivity contribution in [3.8, 4) is 5.75 Å². The van der Waals surface area contributed by atoms with Gasteiger partial charge in [-0.05, 0) is 49.1 Å². The van der Waals surface area contributed by atoms with Crippen LogP contribution in [0.5, 0.6) is 5.75 Å². The number of hydrogen-bond donors (Lipinski definition) is 3. The van der Waals surface area contributed by atoms with Gasteiger partial charge < -0.3 is 20.9 Å². The number of carboxylic acids is 1. The Morgan fingerprint density at radius 1 is 1.36 bits per heavy atom. The first-order chi connectivity index (χ1) is 10.5. The van der Waals surface area contributed by atoms with Gasteiger partial charge in [-0.3, -0.25) is 4.79 Å². The summed E-state index contributed by atoms with van der Waals surface area (Å²) in [7, 11) is 0. The van der Waals surface area contributed by atoms with E-state index in [4.69, 9.17) is 21.1 Å². The van der Waals surface area contributed by atoms with Gasteiger partial charge in [-0.2, -0.15) is 0 Å². The van der Waals surface area contributed by atoms with Gasteiger partial charge in [0.05, 0.1) is 0 Å². The summed E-state index contributed by atoms with van der Waals surface area (Å²) in [6.45, 7) is 0.363. The van der Waals surface area contributed by atoms with Crippen LogP contribution in [0.15, 0.2) is 29.4 Å². The van der Waals surface area contributed by atoms with E-state index in [0.717, 1.165) is 0 Å². The number of benzene rings is 1. The van der Waals surface area contributed by atoms with Crippen molar-refractivity contribution in [3.05, 3.63) is 34.7 Å². The van der Waals surface area contributed by atoms with Gasteiger partial charge in [0.2, 0.25) is 0 Å². The monoisotopic (exact) mass is 307 g/mol. The highest BCUT2D eigenvalue weighted by molar-refractivity contribution is 5.73. The summed E-state index contributed by atoms with van der Waals surface area (Å²) in [4.78, 5) is 24.6. The second-order valence-electron chi connectivity index (χ2n) is 4.44. The Balaban J connectivity index is 2.23. The maximum Gasteiger partial charge on any atom is 0.412 e. The molecule has 1 aromatic carbocycles. The fraction of sp³-hybridized carbons (Fsp3) is 0.385. The number of aliphatic carboxylic acids is 1. The lowest BCUT2D eigenvalue weighted by Gasteiger charge is -2.08. The van der Waals surface area contributed by atoms with Crippen LogP contribution in [-0.4, -0.2) is 29.8 Å². The average Bonchev–Trinajstić information content (AvgIpc) is 2.49. The van der Waals surface area contributed by atoms with Crippen LogP contribution in [0.25, 0.3) is 10.4 Å². The van der Waals surface area contributed by atoms with Crippen molar-refractivity contribution in [1.29, 1.82) is 0 Å². The molecule has 0 radical (unpaired) electrons. The molecule has 0 heterocycles. The second-order valence-corrected chi connectivity index (χ2v) is 4.44. The van der Waals surface area contributed by atoms with E-state index >= 15 is 0 Å². The van der Waals surface area contributed by atoms with Crippen LogP contribution in [0.3, 0.4) is 0 Å². The zero-order chi connectivity index (χ0) is 16.4. The summed E-state index contributed by atoms with van der Waals surface area (Å²) >= 11 is 0. The van der Waals surface area contributed by atoms with E-state index in [1.165, 1.54) is 24.3 Å². The molecular weight excluding hydrogens is 290 g/mol. The van der Waals surface area contributed by atoms with E-state index in [0.29, 0.717) is 37.2 Å². The van der Waals surface area contributed by atoms with Crippen molar-refractivity contribution < 1.29 is 19.4 Å². The van der Waals surface area contributed by atoms with Crippen molar-refractivity contribution in [2.75, 3.05) is 6.54 Å². The molecule has 1 aromatic rings. The third-order valence-electron chi connectivity index (χ3n) is 2.74. The summed E-state index contributed by atoms with van der Waals surface area (Å²) in [5.74, 6) is -0.709. The van der Waals surface area contributed by atoms with Crippen molar-refractivity contribution >= 4 is 17.7 Å². The molecule has 0 aliphatic heterocycles. The second kappa shape index (κ2) is 9.22.